The molecule has 34 heavy (non-hydrogen) atoms. The highest BCUT2D eigenvalue weighted by Crippen LogP contribution is 2.32. The van der Waals surface area contributed by atoms with E-state index in [4.69, 9.17) is 33.1 Å². The summed E-state index contributed by atoms with van der Waals surface area (Å²) in [7, 11) is -3.99. The second-order valence-electron chi connectivity index (χ2n) is 6.83. The van der Waals surface area contributed by atoms with E-state index < -0.39 is 28.2 Å². The predicted molar refractivity (Wildman–Crippen MR) is 121 cm³/mol. The first-order valence-corrected chi connectivity index (χ1v) is 11.6. The summed E-state index contributed by atoms with van der Waals surface area (Å²) in [5.74, 6) is -0.219. The summed E-state index contributed by atoms with van der Waals surface area (Å²) in [6.45, 7) is 0. The number of rotatable bonds is 5. The molecule has 176 valence electrons. The summed E-state index contributed by atoms with van der Waals surface area (Å²) in [5.41, 5.74) is -0.0663. The van der Waals surface area contributed by atoms with E-state index in [-0.39, 0.29) is 37.7 Å². The van der Waals surface area contributed by atoms with Crippen molar-refractivity contribution in [1.29, 1.82) is 0 Å². The van der Waals surface area contributed by atoms with Gasteiger partial charge in [0.25, 0.3) is 6.43 Å². The normalized spacial score (nSPS) is 11.7. The number of carbonyl (C=O) groups is 1. The van der Waals surface area contributed by atoms with Crippen LogP contribution in [0.15, 0.2) is 59.6 Å². The van der Waals surface area contributed by atoms with Gasteiger partial charge in [-0.1, -0.05) is 35.3 Å². The average molecular weight is 528 g/mol. The summed E-state index contributed by atoms with van der Waals surface area (Å²) in [5, 5.41) is 11.7. The van der Waals surface area contributed by atoms with Crippen molar-refractivity contribution in [2.45, 2.75) is 11.3 Å². The molecule has 0 aliphatic heterocycles. The van der Waals surface area contributed by atoms with Gasteiger partial charge in [0.15, 0.2) is 11.4 Å². The number of nitrogens with zero attached hydrogens (tertiary/aromatic N) is 3. The molecule has 0 aliphatic rings. The number of primary sulfonamides is 1. The summed E-state index contributed by atoms with van der Waals surface area (Å²) < 4.78 is 56.4. The third-order valence-corrected chi connectivity index (χ3v) is 6.17. The van der Waals surface area contributed by atoms with Crippen LogP contribution in [0.5, 0.6) is 5.75 Å². The Labute approximate surface area is 201 Å². The molecule has 2 aromatic heterocycles. The summed E-state index contributed by atoms with van der Waals surface area (Å²) in [6, 6.07) is 10.8. The number of ether oxygens (including phenoxy) is 1. The fourth-order valence-electron chi connectivity index (χ4n) is 2.99. The third kappa shape index (κ3) is 4.94. The van der Waals surface area contributed by atoms with E-state index in [1.807, 2.05) is 0 Å². The number of benzene rings is 2. The lowest BCUT2D eigenvalue weighted by Gasteiger charge is -2.10. The monoisotopic (exact) mass is 527 g/mol. The molecule has 0 radical (unpaired) electrons. The SMILES string of the molecule is NS(=O)(=O)c1cccc(NC(=O)Oc2cnn3c(C(F)F)cc(-c4ccc(Cl)c(Cl)c4)nc23)c1. The maximum Gasteiger partial charge on any atom is 0.417 e. The molecular weight excluding hydrogens is 515 g/mol. The molecule has 0 bridgehead atoms. The van der Waals surface area contributed by atoms with Gasteiger partial charge >= 0.3 is 6.09 Å². The first kappa shape index (κ1) is 23.8. The Balaban J connectivity index is 1.69. The Bertz CT molecular complexity index is 1530. The van der Waals surface area contributed by atoms with E-state index in [1.165, 1.54) is 30.3 Å². The lowest BCUT2D eigenvalue weighted by Crippen LogP contribution is -2.18. The molecule has 0 aliphatic carbocycles. The number of anilines is 1. The van der Waals surface area contributed by atoms with Crippen LogP contribution in [0.2, 0.25) is 10.0 Å². The quantitative estimate of drug-likeness (QED) is 0.379. The second-order valence-corrected chi connectivity index (χ2v) is 9.20. The van der Waals surface area contributed by atoms with E-state index in [0.717, 1.165) is 22.8 Å². The lowest BCUT2D eigenvalue weighted by molar-refractivity contribution is 0.143. The molecule has 1 amide bonds. The molecule has 0 unspecified atom stereocenters. The van der Waals surface area contributed by atoms with Gasteiger partial charge in [-0.3, -0.25) is 5.32 Å². The average Bonchev–Trinajstić information content (AvgIpc) is 3.17. The number of sulfonamides is 1. The lowest BCUT2D eigenvalue weighted by atomic mass is 10.1. The van der Waals surface area contributed by atoms with Crippen molar-refractivity contribution in [3.63, 3.8) is 0 Å². The smallest absolute Gasteiger partial charge is 0.404 e. The number of hydrogen-bond acceptors (Lipinski definition) is 6. The van der Waals surface area contributed by atoms with Crippen molar-refractivity contribution < 1.29 is 26.7 Å². The zero-order chi connectivity index (χ0) is 24.6. The Morgan fingerprint density at radius 1 is 1.12 bits per heavy atom. The molecule has 4 aromatic rings. The van der Waals surface area contributed by atoms with Gasteiger partial charge in [0.1, 0.15) is 5.69 Å². The number of alkyl halides is 2. The molecule has 2 aromatic carbocycles. The highest BCUT2D eigenvalue weighted by Gasteiger charge is 2.21. The zero-order valence-corrected chi connectivity index (χ0v) is 19.1. The van der Waals surface area contributed by atoms with Crippen LogP contribution in [0.1, 0.15) is 12.1 Å². The van der Waals surface area contributed by atoms with Gasteiger partial charge in [0.05, 0.1) is 26.8 Å². The highest BCUT2D eigenvalue weighted by molar-refractivity contribution is 7.89. The van der Waals surface area contributed by atoms with Crippen molar-refractivity contribution in [3.05, 3.63) is 70.5 Å². The van der Waals surface area contributed by atoms with E-state index in [2.05, 4.69) is 15.4 Å². The molecule has 2 heterocycles. The van der Waals surface area contributed by atoms with Crippen LogP contribution in [0.3, 0.4) is 0 Å². The summed E-state index contributed by atoms with van der Waals surface area (Å²) in [4.78, 5) is 16.4. The molecule has 0 atom stereocenters. The Morgan fingerprint density at radius 3 is 2.56 bits per heavy atom. The van der Waals surface area contributed by atoms with Gasteiger partial charge < -0.3 is 4.74 Å². The minimum absolute atomic E-state index is 0.0747. The first-order valence-electron chi connectivity index (χ1n) is 9.27. The van der Waals surface area contributed by atoms with Crippen LogP contribution in [0.25, 0.3) is 16.9 Å². The molecule has 0 saturated heterocycles. The summed E-state index contributed by atoms with van der Waals surface area (Å²) in [6.07, 6.45) is -2.91. The van der Waals surface area contributed by atoms with Gasteiger partial charge in [-0.05, 0) is 36.4 Å². The fraction of sp³-hybridized carbons (Fsp3) is 0.0500. The third-order valence-electron chi connectivity index (χ3n) is 4.52. The van der Waals surface area contributed by atoms with Crippen molar-refractivity contribution in [2.24, 2.45) is 5.14 Å². The predicted octanol–water partition coefficient (Wildman–Crippen LogP) is 4.90. The van der Waals surface area contributed by atoms with Crippen molar-refractivity contribution in [1.82, 2.24) is 14.6 Å². The van der Waals surface area contributed by atoms with Crippen LogP contribution in [-0.4, -0.2) is 29.1 Å². The van der Waals surface area contributed by atoms with Gasteiger partial charge in [-0.2, -0.15) is 5.10 Å². The number of aromatic nitrogens is 3. The molecular formula is C20H13Cl2F2N5O4S. The van der Waals surface area contributed by atoms with Gasteiger partial charge in [0, 0.05) is 11.3 Å². The minimum Gasteiger partial charge on any atom is -0.404 e. The van der Waals surface area contributed by atoms with Crippen LogP contribution in [0, 0.1) is 0 Å². The molecule has 14 heteroatoms. The van der Waals surface area contributed by atoms with Crippen molar-refractivity contribution >= 4 is 50.7 Å². The second kappa shape index (κ2) is 9.14. The first-order chi connectivity index (χ1) is 16.0. The largest absolute Gasteiger partial charge is 0.417 e. The standard InChI is InChI=1S/C20H13Cl2F2N5O4S/c21-13-5-4-10(6-14(13)22)15-8-16(18(23)24)29-19(28-15)17(9-26-29)33-20(30)27-11-2-1-3-12(7-11)34(25,31)32/h1-9,18H,(H,27,30)(H2,25,31,32). The van der Waals surface area contributed by atoms with Gasteiger partial charge in [0.2, 0.25) is 10.0 Å². The number of fused-ring (bicyclic) bond motifs is 1. The maximum absolute atomic E-state index is 13.7. The molecule has 3 N–H and O–H groups in total. The number of hydrogen-bond donors (Lipinski definition) is 2. The topological polar surface area (TPSA) is 129 Å². The van der Waals surface area contributed by atoms with E-state index in [9.17, 15) is 22.0 Å². The summed E-state index contributed by atoms with van der Waals surface area (Å²) >= 11 is 12.0. The maximum atomic E-state index is 13.7. The Kier molecular flexibility index (Phi) is 6.41. The number of amides is 1. The highest BCUT2D eigenvalue weighted by atomic mass is 35.5. The molecule has 4 rings (SSSR count). The number of nitrogens with one attached hydrogen (secondary N) is 1. The molecule has 9 nitrogen and oxygen atoms in total. The minimum atomic E-state index is -3.99. The van der Waals surface area contributed by atoms with Crippen molar-refractivity contribution in [2.75, 3.05) is 5.32 Å². The molecule has 0 spiro atoms. The molecule has 0 fully saturated rings. The molecule has 0 saturated carbocycles. The van der Waals surface area contributed by atoms with Crippen LogP contribution >= 0.6 is 23.2 Å². The Hall–Kier alpha value is -3.32. The van der Waals surface area contributed by atoms with Crippen LogP contribution < -0.4 is 15.2 Å². The van der Waals surface area contributed by atoms with Crippen molar-refractivity contribution in [3.8, 4) is 17.0 Å². The Morgan fingerprint density at radius 2 is 1.88 bits per heavy atom. The van der Waals surface area contributed by atoms with Gasteiger partial charge in [-0.15, -0.1) is 0 Å². The zero-order valence-electron chi connectivity index (χ0n) is 16.7. The fourth-order valence-corrected chi connectivity index (χ4v) is 3.85. The number of halogens is 4. The van der Waals surface area contributed by atoms with Gasteiger partial charge in [-0.25, -0.2) is 36.6 Å². The van der Waals surface area contributed by atoms with Crippen LogP contribution in [0.4, 0.5) is 19.3 Å². The number of nitrogens with two attached hydrogens (primary N) is 1. The van der Waals surface area contributed by atoms with E-state index in [0.29, 0.717) is 5.56 Å². The number of carbonyl (C=O) groups excluding carboxylic acids is 1. The van der Waals surface area contributed by atoms with Crippen LogP contribution in [-0.2, 0) is 10.0 Å². The van der Waals surface area contributed by atoms with E-state index >= 15 is 0 Å². The van der Waals surface area contributed by atoms with E-state index in [1.54, 1.807) is 6.07 Å².